The molecule has 0 N–H and O–H groups in total. The van der Waals surface area contributed by atoms with Crippen LogP contribution in [0.2, 0.25) is 0 Å². The van der Waals surface area contributed by atoms with Crippen LogP contribution in [0.25, 0.3) is 0 Å². The van der Waals surface area contributed by atoms with E-state index in [0.717, 1.165) is 83.5 Å². The molecule has 0 aliphatic rings. The van der Waals surface area contributed by atoms with Crippen LogP contribution >= 0.6 is 0 Å². The topological polar surface area (TPSA) is 111 Å². The normalized spacial score (nSPS) is 13.3. The van der Waals surface area contributed by atoms with Gasteiger partial charge in [0, 0.05) is 12.8 Å². The largest absolute Gasteiger partial charge is 0.545 e. The Kier molecular flexibility index (Phi) is 68.6. The fourth-order valence-corrected chi connectivity index (χ4v) is 10.7. The van der Waals surface area contributed by atoms with Crippen LogP contribution in [0.3, 0.4) is 0 Å². The summed E-state index contributed by atoms with van der Waals surface area (Å²) >= 11 is 0. The summed E-state index contributed by atoms with van der Waals surface area (Å²) in [6.45, 7) is 4.66. The molecule has 0 heterocycles. The number of allylic oxidation sites excluding steroid dienone is 18. The van der Waals surface area contributed by atoms with E-state index in [1.54, 1.807) is 0 Å². The number of carbonyl (C=O) groups is 3. The molecule has 9 heteroatoms. The Labute approximate surface area is 562 Å². The number of hydrogen-bond acceptors (Lipinski definition) is 8. The van der Waals surface area contributed by atoms with E-state index in [9.17, 15) is 19.5 Å². The minimum Gasteiger partial charge on any atom is -0.545 e. The monoisotopic (exact) mass is 1270 g/mol. The summed E-state index contributed by atoms with van der Waals surface area (Å²) in [5, 5.41) is 11.8. The molecule has 524 valence electrons. The molecule has 0 aromatic carbocycles. The molecule has 9 nitrogen and oxygen atoms in total. The van der Waals surface area contributed by atoms with Gasteiger partial charge in [0.05, 0.1) is 40.3 Å². The van der Waals surface area contributed by atoms with Crippen molar-refractivity contribution < 1.29 is 42.9 Å². The maximum atomic E-state index is 13.0. The van der Waals surface area contributed by atoms with Crippen LogP contribution in [0.4, 0.5) is 0 Å². The zero-order valence-electron chi connectivity index (χ0n) is 59.9. The van der Waals surface area contributed by atoms with Gasteiger partial charge in [-0.2, -0.15) is 0 Å². The molecule has 0 bridgehead atoms. The number of quaternary nitrogens is 1. The van der Waals surface area contributed by atoms with Crippen molar-refractivity contribution in [1.29, 1.82) is 0 Å². The molecule has 0 radical (unpaired) electrons. The minimum absolute atomic E-state index is 0.146. The highest BCUT2D eigenvalue weighted by Gasteiger charge is 2.22. The first-order chi connectivity index (χ1) is 44.6. The Balaban J connectivity index is 4.05. The summed E-state index contributed by atoms with van der Waals surface area (Å²) in [5.41, 5.74) is 0. The molecule has 0 fully saturated rings. The number of likely N-dealkylation sites (N-methyl/N-ethyl adjacent to an activating group) is 1. The number of aliphatic carboxylic acids is 1. The van der Waals surface area contributed by atoms with Gasteiger partial charge >= 0.3 is 11.9 Å². The predicted octanol–water partition coefficient (Wildman–Crippen LogP) is 22.8. The van der Waals surface area contributed by atoms with Gasteiger partial charge in [0.2, 0.25) is 0 Å². The van der Waals surface area contributed by atoms with Crippen molar-refractivity contribution in [3.8, 4) is 0 Å². The number of ether oxygens (including phenoxy) is 4. The fourth-order valence-electron chi connectivity index (χ4n) is 10.7. The number of hydrogen-bond donors (Lipinski definition) is 0. The second kappa shape index (κ2) is 71.8. The summed E-state index contributed by atoms with van der Waals surface area (Å²) in [6, 6.07) is 0. The molecule has 2 unspecified atom stereocenters. The summed E-state index contributed by atoms with van der Waals surface area (Å²) in [4.78, 5) is 37.6. The number of esters is 2. The molecule has 91 heavy (non-hydrogen) atoms. The van der Waals surface area contributed by atoms with Crippen molar-refractivity contribution >= 4 is 17.9 Å². The number of carboxylic acid groups (broad SMARTS) is 1. The zero-order valence-corrected chi connectivity index (χ0v) is 59.9. The Morgan fingerprint density at radius 3 is 0.934 bits per heavy atom. The van der Waals surface area contributed by atoms with E-state index in [1.807, 2.05) is 21.1 Å². The van der Waals surface area contributed by atoms with Gasteiger partial charge < -0.3 is 33.3 Å². The van der Waals surface area contributed by atoms with Crippen LogP contribution in [-0.2, 0) is 33.3 Å². The first kappa shape index (κ1) is 87.0. The standard InChI is InChI=1S/C82H143NO8/c1-6-8-10-12-14-16-18-20-22-24-26-28-30-32-34-35-36-37-38-39-40-41-42-43-44-45-47-49-51-53-55-57-59-61-63-65-67-69-71-73-80(85)91-78(77-90-82(81(86)87)88-75-74-83(3,4)5)76-89-79(84)72-70-68-66-64-62-60-58-56-54-52-50-48-46-33-31-29-27-25-23-21-19-17-15-13-11-9-7-2/h8,10,14,16,19-22,25-28,32,34,36-37,39-40,78,82H,6-7,9,11-13,15,17-18,23-24,29-31,33,35,38,41-77H2,1-5H3/b10-8-,16-14-,21-19-,22-20-,27-25-,28-26-,34-32-,37-36-,40-39-. The lowest BCUT2D eigenvalue weighted by atomic mass is 10.0. The molecule has 0 aliphatic carbocycles. The number of rotatable bonds is 70. The van der Waals surface area contributed by atoms with Crippen LogP contribution in [-0.4, -0.2) is 82.3 Å². The van der Waals surface area contributed by atoms with Crippen LogP contribution in [0, 0.1) is 0 Å². The van der Waals surface area contributed by atoms with Crippen molar-refractivity contribution in [2.45, 2.75) is 347 Å². The van der Waals surface area contributed by atoms with Crippen LogP contribution < -0.4 is 5.11 Å². The molecule has 0 aromatic rings. The lowest BCUT2D eigenvalue weighted by Gasteiger charge is -2.26. The van der Waals surface area contributed by atoms with Gasteiger partial charge in [0.25, 0.3) is 0 Å². The third kappa shape index (κ3) is 73.2. The second-order valence-corrected chi connectivity index (χ2v) is 26.6. The first-order valence-corrected chi connectivity index (χ1v) is 38.0. The summed E-state index contributed by atoms with van der Waals surface area (Å²) < 4.78 is 22.8. The zero-order chi connectivity index (χ0) is 66.1. The third-order valence-electron chi connectivity index (χ3n) is 16.5. The van der Waals surface area contributed by atoms with Gasteiger partial charge in [-0.3, -0.25) is 9.59 Å². The number of nitrogens with zero attached hydrogens (tertiary/aromatic N) is 1. The molecule has 0 spiro atoms. The van der Waals surface area contributed by atoms with E-state index in [-0.39, 0.29) is 32.2 Å². The van der Waals surface area contributed by atoms with Crippen molar-refractivity contribution in [2.75, 3.05) is 47.5 Å². The van der Waals surface area contributed by atoms with Crippen molar-refractivity contribution in [2.24, 2.45) is 0 Å². The van der Waals surface area contributed by atoms with E-state index in [4.69, 9.17) is 18.9 Å². The van der Waals surface area contributed by atoms with E-state index < -0.39 is 24.3 Å². The second-order valence-electron chi connectivity index (χ2n) is 26.6. The molecule has 0 aromatic heterocycles. The number of carbonyl (C=O) groups excluding carboxylic acids is 3. The summed E-state index contributed by atoms with van der Waals surface area (Å²) in [7, 11) is 5.94. The minimum atomic E-state index is -1.63. The molecule has 2 atom stereocenters. The molecular formula is C82H143NO8. The van der Waals surface area contributed by atoms with E-state index in [1.165, 1.54) is 218 Å². The number of carboxylic acids is 1. The Bertz CT molecular complexity index is 1870. The molecule has 0 aliphatic heterocycles. The highest BCUT2D eigenvalue weighted by molar-refractivity contribution is 5.70. The highest BCUT2D eigenvalue weighted by Crippen LogP contribution is 2.18. The molecule has 0 saturated heterocycles. The average Bonchev–Trinajstić information content (AvgIpc) is 3.46. The van der Waals surface area contributed by atoms with Gasteiger partial charge in [-0.25, -0.2) is 0 Å². The van der Waals surface area contributed by atoms with Gasteiger partial charge in [0.15, 0.2) is 12.4 Å². The van der Waals surface area contributed by atoms with E-state index in [2.05, 4.69) is 123 Å². The SMILES string of the molecule is CC/C=C\C/C=C\C/C=C\C/C=C\C/C=C\C/C=C\C/C=C\CCCCCCCCCCCCCCCCCCCC(=O)OC(COC(=O)CCCCCCCCCCCCCCCCC/C=C\C/C=C\CCCCCCC)COC(OCC[N+](C)(C)C)C(=O)[O-]. The fraction of sp³-hybridized carbons (Fsp3) is 0.744. The Morgan fingerprint density at radius 2 is 0.626 bits per heavy atom. The molecular weight excluding hydrogens is 1130 g/mol. The van der Waals surface area contributed by atoms with Crippen molar-refractivity contribution in [3.05, 3.63) is 109 Å². The maximum absolute atomic E-state index is 13.0. The third-order valence-corrected chi connectivity index (χ3v) is 16.5. The van der Waals surface area contributed by atoms with E-state index in [0.29, 0.717) is 23.9 Å². The summed E-state index contributed by atoms with van der Waals surface area (Å²) in [6.07, 6.45) is 97.6. The van der Waals surface area contributed by atoms with Crippen LogP contribution in [0.5, 0.6) is 0 Å². The lowest BCUT2D eigenvalue weighted by Crippen LogP contribution is -2.44. The van der Waals surface area contributed by atoms with Crippen LogP contribution in [0.1, 0.15) is 335 Å². The lowest BCUT2D eigenvalue weighted by molar-refractivity contribution is -0.870. The highest BCUT2D eigenvalue weighted by atomic mass is 16.7. The number of unbranched alkanes of at least 4 members (excludes halogenated alkanes) is 37. The van der Waals surface area contributed by atoms with Crippen molar-refractivity contribution in [3.63, 3.8) is 0 Å². The van der Waals surface area contributed by atoms with Crippen LogP contribution in [0.15, 0.2) is 109 Å². The molecule has 0 saturated carbocycles. The van der Waals surface area contributed by atoms with E-state index >= 15 is 0 Å². The molecule has 0 amide bonds. The quantitative estimate of drug-likeness (QED) is 0.0195. The maximum Gasteiger partial charge on any atom is 0.306 e. The van der Waals surface area contributed by atoms with Gasteiger partial charge in [-0.15, -0.1) is 0 Å². The first-order valence-electron chi connectivity index (χ1n) is 38.0. The smallest absolute Gasteiger partial charge is 0.306 e. The average molecular weight is 1270 g/mol. The van der Waals surface area contributed by atoms with Gasteiger partial charge in [-0.05, 0) is 103 Å². The van der Waals surface area contributed by atoms with Gasteiger partial charge in [0.1, 0.15) is 13.2 Å². The van der Waals surface area contributed by atoms with Gasteiger partial charge in [-0.1, -0.05) is 329 Å². The predicted molar refractivity (Wildman–Crippen MR) is 389 cm³/mol. The Morgan fingerprint density at radius 1 is 0.341 bits per heavy atom. The Hall–Kier alpha value is -4.05. The molecule has 0 rings (SSSR count). The summed E-state index contributed by atoms with van der Waals surface area (Å²) in [5.74, 6) is -2.27. The van der Waals surface area contributed by atoms with Crippen molar-refractivity contribution in [1.82, 2.24) is 0 Å².